The van der Waals surface area contributed by atoms with Gasteiger partial charge in [-0.2, -0.15) is 0 Å². The third kappa shape index (κ3) is 6.23. The summed E-state index contributed by atoms with van der Waals surface area (Å²) in [7, 11) is 0. The molecule has 0 spiro atoms. The lowest BCUT2D eigenvalue weighted by molar-refractivity contribution is 0.530. The van der Waals surface area contributed by atoms with Crippen molar-refractivity contribution in [3.05, 3.63) is 21.4 Å². The van der Waals surface area contributed by atoms with Crippen molar-refractivity contribution in [3.63, 3.8) is 0 Å². The van der Waals surface area contributed by atoms with Crippen LogP contribution in [0.2, 0.25) is 0 Å². The molecule has 0 radical (unpaired) electrons. The maximum absolute atomic E-state index is 3.50. The van der Waals surface area contributed by atoms with Crippen LogP contribution in [0.3, 0.4) is 0 Å². The summed E-state index contributed by atoms with van der Waals surface area (Å²) in [5, 5.41) is 3.50. The van der Waals surface area contributed by atoms with E-state index in [4.69, 9.17) is 0 Å². The molecular weight excluding hydrogens is 226 g/mol. The van der Waals surface area contributed by atoms with E-state index < -0.39 is 0 Å². The molecule has 0 aliphatic carbocycles. The Morgan fingerprint density at radius 2 is 1.94 bits per heavy atom. The van der Waals surface area contributed by atoms with Gasteiger partial charge in [0.25, 0.3) is 0 Å². The largest absolute Gasteiger partial charge is 0.316 e. The summed E-state index contributed by atoms with van der Waals surface area (Å²) in [6.45, 7) is 11.3. The van der Waals surface area contributed by atoms with E-state index in [1.165, 1.54) is 42.0 Å². The minimum atomic E-state index is 0.770. The second-order valence-electron chi connectivity index (χ2n) is 5.35. The van der Waals surface area contributed by atoms with Crippen LogP contribution in [0.15, 0.2) is 6.07 Å². The summed E-state index contributed by atoms with van der Waals surface area (Å²) < 4.78 is 0. The number of hydrogen-bond donors (Lipinski definition) is 1. The van der Waals surface area contributed by atoms with E-state index in [-0.39, 0.29) is 0 Å². The smallest absolute Gasteiger partial charge is 0.00490 e. The van der Waals surface area contributed by atoms with Crippen molar-refractivity contribution < 1.29 is 0 Å². The Labute approximate surface area is 111 Å². The van der Waals surface area contributed by atoms with Gasteiger partial charge in [0, 0.05) is 9.75 Å². The average molecular weight is 253 g/mol. The van der Waals surface area contributed by atoms with Crippen molar-refractivity contribution in [3.8, 4) is 0 Å². The molecule has 1 heterocycles. The van der Waals surface area contributed by atoms with Crippen LogP contribution in [-0.4, -0.2) is 13.1 Å². The molecule has 0 amide bonds. The zero-order valence-electron chi connectivity index (χ0n) is 11.8. The number of hydrogen-bond acceptors (Lipinski definition) is 2. The predicted octanol–water partition coefficient (Wildman–Crippen LogP) is 4.32. The van der Waals surface area contributed by atoms with E-state index in [0.717, 1.165) is 12.5 Å². The first kappa shape index (κ1) is 14.7. The third-order valence-electron chi connectivity index (χ3n) is 3.00. The highest BCUT2D eigenvalue weighted by Gasteiger charge is 2.02. The summed E-state index contributed by atoms with van der Waals surface area (Å²) in [5.41, 5.74) is 1.57. The molecule has 0 saturated heterocycles. The molecule has 1 nitrogen and oxygen atoms in total. The Hall–Kier alpha value is -0.340. The molecule has 1 N–H and O–H groups in total. The molecule has 0 bridgehead atoms. The van der Waals surface area contributed by atoms with Crippen molar-refractivity contribution in [2.24, 2.45) is 5.92 Å². The zero-order chi connectivity index (χ0) is 12.7. The summed E-state index contributed by atoms with van der Waals surface area (Å²) in [6, 6.07) is 2.36. The predicted molar refractivity (Wildman–Crippen MR) is 79.1 cm³/mol. The molecule has 0 saturated carbocycles. The number of unbranched alkanes of at least 4 members (excludes halogenated alkanes) is 2. The van der Waals surface area contributed by atoms with E-state index >= 15 is 0 Å². The monoisotopic (exact) mass is 253 g/mol. The maximum atomic E-state index is 3.50. The molecule has 17 heavy (non-hydrogen) atoms. The van der Waals surface area contributed by atoms with E-state index in [1.54, 1.807) is 5.56 Å². The van der Waals surface area contributed by atoms with E-state index in [2.05, 4.69) is 39.1 Å². The van der Waals surface area contributed by atoms with Crippen molar-refractivity contribution >= 4 is 11.3 Å². The molecule has 0 atom stereocenters. The third-order valence-corrected chi connectivity index (χ3v) is 4.00. The number of aryl methyl sites for hydroxylation is 3. The van der Waals surface area contributed by atoms with Crippen molar-refractivity contribution in [2.45, 2.75) is 53.4 Å². The van der Waals surface area contributed by atoms with E-state index in [1.807, 2.05) is 11.3 Å². The van der Waals surface area contributed by atoms with Crippen LogP contribution in [0.5, 0.6) is 0 Å². The van der Waals surface area contributed by atoms with Gasteiger partial charge in [0.1, 0.15) is 0 Å². The molecule has 2 heteroatoms. The van der Waals surface area contributed by atoms with Crippen molar-refractivity contribution in [1.82, 2.24) is 5.32 Å². The summed E-state index contributed by atoms with van der Waals surface area (Å²) in [6.07, 6.45) is 5.26. The van der Waals surface area contributed by atoms with Crippen LogP contribution in [0.4, 0.5) is 0 Å². The van der Waals surface area contributed by atoms with Crippen LogP contribution in [0, 0.1) is 19.8 Å². The van der Waals surface area contributed by atoms with Gasteiger partial charge in [-0.05, 0) is 63.7 Å². The normalized spacial score (nSPS) is 11.4. The fourth-order valence-electron chi connectivity index (χ4n) is 2.06. The fourth-order valence-corrected chi connectivity index (χ4v) is 3.04. The SMILES string of the molecule is Cc1cc(CCCCCNCC(C)C)c(C)s1. The quantitative estimate of drug-likeness (QED) is 0.680. The highest BCUT2D eigenvalue weighted by atomic mass is 32.1. The molecule has 0 aromatic carbocycles. The lowest BCUT2D eigenvalue weighted by Crippen LogP contribution is -2.20. The first-order valence-electron chi connectivity index (χ1n) is 6.86. The molecule has 98 valence electrons. The zero-order valence-corrected chi connectivity index (χ0v) is 12.6. The Bertz CT molecular complexity index is 315. The maximum Gasteiger partial charge on any atom is 0.00490 e. The summed E-state index contributed by atoms with van der Waals surface area (Å²) in [5.74, 6) is 0.770. The van der Waals surface area contributed by atoms with Gasteiger partial charge in [-0.3, -0.25) is 0 Å². The minimum absolute atomic E-state index is 0.770. The van der Waals surface area contributed by atoms with Gasteiger partial charge < -0.3 is 5.32 Å². The summed E-state index contributed by atoms with van der Waals surface area (Å²) in [4.78, 5) is 2.97. The van der Waals surface area contributed by atoms with Gasteiger partial charge in [-0.15, -0.1) is 11.3 Å². The molecule has 0 unspecified atom stereocenters. The molecule has 1 aromatic rings. The second kappa shape index (κ2) is 7.88. The van der Waals surface area contributed by atoms with Gasteiger partial charge in [-0.25, -0.2) is 0 Å². The van der Waals surface area contributed by atoms with Gasteiger partial charge in [-0.1, -0.05) is 20.3 Å². The molecule has 1 aromatic heterocycles. The lowest BCUT2D eigenvalue weighted by atomic mass is 10.1. The number of nitrogens with one attached hydrogen (secondary N) is 1. The molecular formula is C15H27NS. The fraction of sp³-hybridized carbons (Fsp3) is 0.733. The minimum Gasteiger partial charge on any atom is -0.316 e. The first-order valence-corrected chi connectivity index (χ1v) is 7.68. The number of thiophene rings is 1. The average Bonchev–Trinajstić information content (AvgIpc) is 2.55. The first-order chi connectivity index (χ1) is 8.09. The van der Waals surface area contributed by atoms with Crippen molar-refractivity contribution in [2.75, 3.05) is 13.1 Å². The topological polar surface area (TPSA) is 12.0 Å². The highest BCUT2D eigenvalue weighted by molar-refractivity contribution is 7.12. The van der Waals surface area contributed by atoms with Gasteiger partial charge in [0.15, 0.2) is 0 Å². The van der Waals surface area contributed by atoms with Gasteiger partial charge in [0.05, 0.1) is 0 Å². The molecule has 0 fully saturated rings. The summed E-state index contributed by atoms with van der Waals surface area (Å²) >= 11 is 1.93. The Morgan fingerprint density at radius 3 is 2.53 bits per heavy atom. The molecule has 0 aliphatic rings. The van der Waals surface area contributed by atoms with Crippen LogP contribution >= 0.6 is 11.3 Å². The molecule has 0 aliphatic heterocycles. The lowest BCUT2D eigenvalue weighted by Gasteiger charge is -2.06. The Morgan fingerprint density at radius 1 is 1.18 bits per heavy atom. The number of rotatable bonds is 8. The van der Waals surface area contributed by atoms with Crippen molar-refractivity contribution in [1.29, 1.82) is 0 Å². The Kier molecular flexibility index (Phi) is 6.83. The van der Waals surface area contributed by atoms with Crippen LogP contribution < -0.4 is 5.32 Å². The van der Waals surface area contributed by atoms with Crippen LogP contribution in [0.25, 0.3) is 0 Å². The second-order valence-corrected chi connectivity index (χ2v) is 6.81. The van der Waals surface area contributed by atoms with E-state index in [0.29, 0.717) is 0 Å². The van der Waals surface area contributed by atoms with E-state index in [9.17, 15) is 0 Å². The van der Waals surface area contributed by atoms with Crippen LogP contribution in [0.1, 0.15) is 48.4 Å². The van der Waals surface area contributed by atoms with Crippen LogP contribution in [-0.2, 0) is 6.42 Å². The Balaban J connectivity index is 2.03. The highest BCUT2D eigenvalue weighted by Crippen LogP contribution is 2.22. The van der Waals surface area contributed by atoms with Gasteiger partial charge >= 0.3 is 0 Å². The molecule has 1 rings (SSSR count). The van der Waals surface area contributed by atoms with Gasteiger partial charge in [0.2, 0.25) is 0 Å². The standard InChI is InChI=1S/C15H27NS/c1-12(2)11-16-9-7-5-6-8-15-10-13(3)17-14(15)4/h10,12,16H,5-9,11H2,1-4H3.